The van der Waals surface area contributed by atoms with Crippen molar-refractivity contribution in [1.29, 1.82) is 0 Å². The molecule has 1 aliphatic rings. The molecule has 5 heteroatoms. The summed E-state index contributed by atoms with van der Waals surface area (Å²) >= 11 is 0. The first-order chi connectivity index (χ1) is 11.0. The number of nitrogens with zero attached hydrogens (tertiary/aromatic N) is 3. The molecule has 0 saturated carbocycles. The number of carbonyl (C=O) groups is 1. The summed E-state index contributed by atoms with van der Waals surface area (Å²) in [4.78, 5) is 23.6. The molecule has 1 fully saturated rings. The highest BCUT2D eigenvalue weighted by Crippen LogP contribution is 2.22. The molecule has 3 rings (SSSR count). The van der Waals surface area contributed by atoms with Crippen molar-refractivity contribution >= 4 is 17.4 Å². The number of hydrogen-bond donors (Lipinski definition) is 1. The van der Waals surface area contributed by atoms with Gasteiger partial charge in [-0.3, -0.25) is 4.79 Å². The maximum atomic E-state index is 12.6. The van der Waals surface area contributed by atoms with Gasteiger partial charge in [-0.25, -0.2) is 9.97 Å². The summed E-state index contributed by atoms with van der Waals surface area (Å²) in [7, 11) is 0. The van der Waals surface area contributed by atoms with Gasteiger partial charge in [-0.2, -0.15) is 0 Å². The van der Waals surface area contributed by atoms with Gasteiger partial charge in [0.1, 0.15) is 17.3 Å². The van der Waals surface area contributed by atoms with Crippen LogP contribution in [0.4, 0.5) is 11.5 Å². The Labute approximate surface area is 136 Å². The van der Waals surface area contributed by atoms with Gasteiger partial charge in [-0.05, 0) is 44.7 Å². The van der Waals surface area contributed by atoms with E-state index in [0.29, 0.717) is 11.5 Å². The number of para-hydroxylation sites is 1. The Bertz CT molecular complexity index is 716. The predicted octanol–water partition coefficient (Wildman–Crippen LogP) is 3.25. The van der Waals surface area contributed by atoms with Crippen LogP contribution < -0.4 is 10.2 Å². The number of hydrogen-bond acceptors (Lipinski definition) is 4. The molecule has 23 heavy (non-hydrogen) atoms. The minimum atomic E-state index is -0.187. The van der Waals surface area contributed by atoms with E-state index in [1.165, 1.54) is 12.8 Å². The minimum absolute atomic E-state index is 0.187. The van der Waals surface area contributed by atoms with E-state index in [9.17, 15) is 4.79 Å². The van der Waals surface area contributed by atoms with Crippen LogP contribution in [0.15, 0.2) is 24.3 Å². The molecule has 1 amide bonds. The zero-order chi connectivity index (χ0) is 16.4. The Morgan fingerprint density at radius 1 is 1.09 bits per heavy atom. The second-order valence-electron chi connectivity index (χ2n) is 6.07. The molecule has 2 heterocycles. The normalized spacial score (nSPS) is 14.1. The highest BCUT2D eigenvalue weighted by atomic mass is 16.1. The van der Waals surface area contributed by atoms with Gasteiger partial charge in [0.25, 0.3) is 5.91 Å². The Morgan fingerprint density at radius 2 is 1.74 bits per heavy atom. The van der Waals surface area contributed by atoms with E-state index in [4.69, 9.17) is 0 Å². The molecule has 0 bridgehead atoms. The van der Waals surface area contributed by atoms with Crippen molar-refractivity contribution in [1.82, 2.24) is 9.97 Å². The van der Waals surface area contributed by atoms with E-state index in [1.807, 2.05) is 39.0 Å². The van der Waals surface area contributed by atoms with Gasteiger partial charge >= 0.3 is 0 Å². The molecule has 1 aliphatic heterocycles. The largest absolute Gasteiger partial charge is 0.356 e. The maximum absolute atomic E-state index is 12.6. The first kappa shape index (κ1) is 15.5. The van der Waals surface area contributed by atoms with Gasteiger partial charge in [0.15, 0.2) is 0 Å². The third-order valence-corrected chi connectivity index (χ3v) is 4.21. The SMILES string of the molecule is Cc1nc(C(=O)Nc2c(C)cccc2C)cc(N2CCCC2)n1. The Hall–Kier alpha value is -2.43. The average molecular weight is 310 g/mol. The topological polar surface area (TPSA) is 58.1 Å². The third kappa shape index (κ3) is 3.33. The molecule has 0 atom stereocenters. The monoisotopic (exact) mass is 310 g/mol. The summed E-state index contributed by atoms with van der Waals surface area (Å²) in [5.74, 6) is 1.29. The Morgan fingerprint density at radius 3 is 2.39 bits per heavy atom. The zero-order valence-corrected chi connectivity index (χ0v) is 13.9. The fraction of sp³-hybridized carbons (Fsp3) is 0.389. The number of anilines is 2. The van der Waals surface area contributed by atoms with Crippen molar-refractivity contribution in [2.24, 2.45) is 0 Å². The Balaban J connectivity index is 1.87. The van der Waals surface area contributed by atoms with Gasteiger partial charge < -0.3 is 10.2 Å². The minimum Gasteiger partial charge on any atom is -0.356 e. The van der Waals surface area contributed by atoms with Crippen LogP contribution in [0.3, 0.4) is 0 Å². The van der Waals surface area contributed by atoms with Crippen molar-refractivity contribution in [2.75, 3.05) is 23.3 Å². The van der Waals surface area contributed by atoms with Crippen molar-refractivity contribution in [3.8, 4) is 0 Å². The molecule has 0 spiro atoms. The summed E-state index contributed by atoms with van der Waals surface area (Å²) in [5.41, 5.74) is 3.37. The van der Waals surface area contributed by atoms with Crippen LogP contribution in [-0.2, 0) is 0 Å². The van der Waals surface area contributed by atoms with Crippen LogP contribution in [0.25, 0.3) is 0 Å². The van der Waals surface area contributed by atoms with Crippen LogP contribution in [0.1, 0.15) is 40.3 Å². The van der Waals surface area contributed by atoms with Crippen molar-refractivity contribution in [3.05, 3.63) is 46.9 Å². The Kier molecular flexibility index (Phi) is 4.28. The standard InChI is InChI=1S/C18H22N4O/c1-12-7-6-8-13(2)17(12)21-18(23)15-11-16(20-14(3)19-15)22-9-4-5-10-22/h6-8,11H,4-5,9-10H2,1-3H3,(H,21,23). The van der Waals surface area contributed by atoms with Gasteiger partial charge in [0.2, 0.25) is 0 Å². The van der Waals surface area contributed by atoms with Crippen molar-refractivity contribution < 1.29 is 4.79 Å². The lowest BCUT2D eigenvalue weighted by Crippen LogP contribution is -2.22. The van der Waals surface area contributed by atoms with E-state index in [1.54, 1.807) is 6.07 Å². The first-order valence-electron chi connectivity index (χ1n) is 8.03. The molecule has 120 valence electrons. The average Bonchev–Trinajstić information content (AvgIpc) is 3.04. The molecule has 1 N–H and O–H groups in total. The summed E-state index contributed by atoms with van der Waals surface area (Å²) in [6.07, 6.45) is 2.35. The van der Waals surface area contributed by atoms with Crippen molar-refractivity contribution in [2.45, 2.75) is 33.6 Å². The van der Waals surface area contributed by atoms with Gasteiger partial charge in [0.05, 0.1) is 0 Å². The smallest absolute Gasteiger partial charge is 0.274 e. The molecule has 0 aliphatic carbocycles. The molecular weight excluding hydrogens is 288 g/mol. The van der Waals surface area contributed by atoms with Crippen LogP contribution in [0.2, 0.25) is 0 Å². The molecule has 1 aromatic carbocycles. The number of amides is 1. The van der Waals surface area contributed by atoms with E-state index >= 15 is 0 Å². The summed E-state index contributed by atoms with van der Waals surface area (Å²) in [5, 5.41) is 2.99. The summed E-state index contributed by atoms with van der Waals surface area (Å²) in [6.45, 7) is 7.80. The number of aromatic nitrogens is 2. The van der Waals surface area contributed by atoms with E-state index in [-0.39, 0.29) is 5.91 Å². The number of nitrogens with one attached hydrogen (secondary N) is 1. The fourth-order valence-electron chi connectivity index (χ4n) is 2.97. The summed E-state index contributed by atoms with van der Waals surface area (Å²) < 4.78 is 0. The van der Waals surface area contributed by atoms with Crippen LogP contribution >= 0.6 is 0 Å². The maximum Gasteiger partial charge on any atom is 0.274 e. The van der Waals surface area contributed by atoms with Gasteiger partial charge in [-0.15, -0.1) is 0 Å². The molecule has 5 nitrogen and oxygen atoms in total. The highest BCUT2D eigenvalue weighted by Gasteiger charge is 2.18. The quantitative estimate of drug-likeness (QED) is 0.945. The molecule has 2 aromatic rings. The highest BCUT2D eigenvalue weighted by molar-refractivity contribution is 6.04. The molecule has 0 unspecified atom stereocenters. The lowest BCUT2D eigenvalue weighted by Gasteiger charge is -2.17. The van der Waals surface area contributed by atoms with Gasteiger partial charge in [0, 0.05) is 24.8 Å². The second kappa shape index (κ2) is 6.36. The van der Waals surface area contributed by atoms with E-state index in [2.05, 4.69) is 20.2 Å². The number of carbonyl (C=O) groups excluding carboxylic acids is 1. The predicted molar refractivity (Wildman–Crippen MR) is 92.1 cm³/mol. The number of rotatable bonds is 3. The van der Waals surface area contributed by atoms with Crippen LogP contribution in [-0.4, -0.2) is 29.0 Å². The third-order valence-electron chi connectivity index (χ3n) is 4.21. The van der Waals surface area contributed by atoms with E-state index < -0.39 is 0 Å². The second-order valence-corrected chi connectivity index (χ2v) is 6.07. The summed E-state index contributed by atoms with van der Waals surface area (Å²) in [6, 6.07) is 7.76. The van der Waals surface area contributed by atoms with Crippen LogP contribution in [0.5, 0.6) is 0 Å². The molecule has 0 radical (unpaired) electrons. The lowest BCUT2D eigenvalue weighted by molar-refractivity contribution is 0.102. The first-order valence-corrected chi connectivity index (χ1v) is 8.03. The molecular formula is C18H22N4O. The van der Waals surface area contributed by atoms with Gasteiger partial charge in [-0.1, -0.05) is 18.2 Å². The number of benzene rings is 1. The number of aryl methyl sites for hydroxylation is 3. The van der Waals surface area contributed by atoms with E-state index in [0.717, 1.165) is 35.7 Å². The lowest BCUT2D eigenvalue weighted by atomic mass is 10.1. The van der Waals surface area contributed by atoms with Crippen LogP contribution in [0, 0.1) is 20.8 Å². The van der Waals surface area contributed by atoms with Crippen molar-refractivity contribution in [3.63, 3.8) is 0 Å². The fourth-order valence-corrected chi connectivity index (χ4v) is 2.97. The zero-order valence-electron chi connectivity index (χ0n) is 13.9. The molecule has 1 aromatic heterocycles. The molecule has 1 saturated heterocycles.